The van der Waals surface area contributed by atoms with Crippen molar-refractivity contribution in [3.05, 3.63) is 64.2 Å². The number of rotatable bonds is 9. The Morgan fingerprint density at radius 2 is 1.67 bits per heavy atom. The van der Waals surface area contributed by atoms with Gasteiger partial charge in [0, 0.05) is 17.6 Å². The van der Waals surface area contributed by atoms with Crippen LogP contribution in [0.5, 0.6) is 5.75 Å². The fraction of sp³-hybridized carbons (Fsp3) is 0.417. The number of ether oxygens (including phenoxy) is 1. The Morgan fingerprint density at radius 1 is 1.07 bits per heavy atom. The van der Waals surface area contributed by atoms with Crippen LogP contribution in [0.25, 0.3) is 0 Å². The summed E-state index contributed by atoms with van der Waals surface area (Å²) in [7, 11) is 0. The van der Waals surface area contributed by atoms with E-state index in [0.717, 1.165) is 16.7 Å². The number of hydrogen-bond acceptors (Lipinski definition) is 3. The van der Waals surface area contributed by atoms with Crippen LogP contribution in [0.2, 0.25) is 5.02 Å². The first-order chi connectivity index (χ1) is 14.2. The number of aryl methyl sites for hydroxylation is 2. The first-order valence-electron chi connectivity index (χ1n) is 10.2. The van der Waals surface area contributed by atoms with Gasteiger partial charge in [0.2, 0.25) is 5.91 Å². The van der Waals surface area contributed by atoms with E-state index in [1.54, 1.807) is 11.8 Å². The third-order valence-corrected chi connectivity index (χ3v) is 5.45. The molecular weight excluding hydrogens is 400 g/mol. The van der Waals surface area contributed by atoms with Gasteiger partial charge >= 0.3 is 0 Å². The molecule has 0 saturated carbocycles. The van der Waals surface area contributed by atoms with Gasteiger partial charge in [0.25, 0.3) is 5.91 Å². The zero-order valence-electron chi connectivity index (χ0n) is 18.4. The Bertz CT molecular complexity index is 845. The maximum atomic E-state index is 13.0. The summed E-state index contributed by atoms with van der Waals surface area (Å²) >= 11 is 6.20. The lowest BCUT2D eigenvalue weighted by molar-refractivity contribution is -0.141. The summed E-state index contributed by atoms with van der Waals surface area (Å²) < 4.78 is 5.75. The summed E-state index contributed by atoms with van der Waals surface area (Å²) in [5.74, 6) is 0.178. The van der Waals surface area contributed by atoms with Crippen molar-refractivity contribution >= 4 is 23.4 Å². The maximum Gasteiger partial charge on any atom is 0.261 e. The highest BCUT2D eigenvalue weighted by Gasteiger charge is 2.26. The Balaban J connectivity index is 2.11. The molecule has 0 saturated heterocycles. The fourth-order valence-corrected chi connectivity index (χ4v) is 3.30. The van der Waals surface area contributed by atoms with Crippen molar-refractivity contribution in [1.82, 2.24) is 10.2 Å². The molecular formula is C24H31ClN2O3. The van der Waals surface area contributed by atoms with Gasteiger partial charge in [-0.05, 0) is 69.9 Å². The standard InChI is InChI=1S/C24H31ClN2O3/c1-16(2)26-24(29)19(5)27(12-11-20-9-7-6-8-10-20)22(28)15-30-21-13-17(3)23(25)18(4)14-21/h6-10,13-14,16,19H,11-12,15H2,1-5H3,(H,26,29). The Hall–Kier alpha value is -2.53. The normalized spacial score (nSPS) is 11.8. The van der Waals surface area contributed by atoms with Crippen LogP contribution in [0, 0.1) is 13.8 Å². The molecule has 0 bridgehead atoms. The van der Waals surface area contributed by atoms with Gasteiger partial charge in [-0.2, -0.15) is 0 Å². The Kier molecular flexibility index (Phi) is 8.72. The zero-order chi connectivity index (χ0) is 22.3. The Labute approximate surface area is 184 Å². The van der Waals surface area contributed by atoms with Gasteiger partial charge in [0.15, 0.2) is 6.61 Å². The monoisotopic (exact) mass is 430 g/mol. The van der Waals surface area contributed by atoms with Crippen LogP contribution in [0.4, 0.5) is 0 Å². The summed E-state index contributed by atoms with van der Waals surface area (Å²) in [5.41, 5.74) is 2.89. The largest absolute Gasteiger partial charge is 0.484 e. The number of carbonyl (C=O) groups is 2. The first kappa shape index (κ1) is 23.7. The number of halogens is 1. The van der Waals surface area contributed by atoms with E-state index < -0.39 is 6.04 Å². The van der Waals surface area contributed by atoms with Crippen molar-refractivity contribution in [2.45, 2.75) is 53.1 Å². The highest BCUT2D eigenvalue weighted by atomic mass is 35.5. The third kappa shape index (κ3) is 6.77. The van der Waals surface area contributed by atoms with Gasteiger partial charge in [0.1, 0.15) is 11.8 Å². The van der Waals surface area contributed by atoms with Crippen LogP contribution < -0.4 is 10.1 Å². The molecule has 0 spiro atoms. The minimum atomic E-state index is -0.596. The van der Waals surface area contributed by atoms with Gasteiger partial charge in [0.05, 0.1) is 0 Å². The quantitative estimate of drug-likeness (QED) is 0.644. The van der Waals surface area contributed by atoms with Crippen LogP contribution in [0.1, 0.15) is 37.5 Å². The van der Waals surface area contributed by atoms with Crippen LogP contribution in [-0.4, -0.2) is 41.9 Å². The third-order valence-electron chi connectivity index (χ3n) is 4.85. The van der Waals surface area contributed by atoms with Crippen molar-refractivity contribution in [2.75, 3.05) is 13.2 Å². The average molecular weight is 431 g/mol. The van der Waals surface area contributed by atoms with Crippen LogP contribution >= 0.6 is 11.6 Å². The van der Waals surface area contributed by atoms with Gasteiger partial charge in [-0.25, -0.2) is 0 Å². The van der Waals surface area contributed by atoms with E-state index in [4.69, 9.17) is 16.3 Å². The van der Waals surface area contributed by atoms with Crippen molar-refractivity contribution in [2.24, 2.45) is 0 Å². The molecule has 2 rings (SSSR count). The van der Waals surface area contributed by atoms with Crippen LogP contribution in [0.15, 0.2) is 42.5 Å². The summed E-state index contributed by atoms with van der Waals surface area (Å²) in [6.07, 6.45) is 0.658. The van der Waals surface area contributed by atoms with Gasteiger partial charge < -0.3 is 15.0 Å². The summed E-state index contributed by atoms with van der Waals surface area (Å²) in [4.78, 5) is 27.1. The second-order valence-electron chi connectivity index (χ2n) is 7.82. The maximum absolute atomic E-state index is 13.0. The summed E-state index contributed by atoms with van der Waals surface area (Å²) in [6.45, 7) is 9.62. The zero-order valence-corrected chi connectivity index (χ0v) is 19.1. The molecule has 0 aliphatic rings. The van der Waals surface area contributed by atoms with E-state index in [9.17, 15) is 9.59 Å². The smallest absolute Gasteiger partial charge is 0.261 e. The highest BCUT2D eigenvalue weighted by Crippen LogP contribution is 2.25. The van der Waals surface area contributed by atoms with Crippen molar-refractivity contribution in [1.29, 1.82) is 0 Å². The second kappa shape index (κ2) is 11.0. The van der Waals surface area contributed by atoms with Crippen LogP contribution in [-0.2, 0) is 16.0 Å². The second-order valence-corrected chi connectivity index (χ2v) is 8.20. The Morgan fingerprint density at radius 3 is 2.23 bits per heavy atom. The van der Waals surface area contributed by atoms with Crippen molar-refractivity contribution in [3.63, 3.8) is 0 Å². The number of nitrogens with zero attached hydrogens (tertiary/aromatic N) is 1. The molecule has 1 unspecified atom stereocenters. The van der Waals surface area contributed by atoms with E-state index in [-0.39, 0.29) is 24.5 Å². The molecule has 2 aromatic carbocycles. The molecule has 0 aliphatic heterocycles. The lowest BCUT2D eigenvalue weighted by atomic mass is 10.1. The lowest BCUT2D eigenvalue weighted by Gasteiger charge is -2.29. The predicted molar refractivity (Wildman–Crippen MR) is 121 cm³/mol. The van der Waals surface area contributed by atoms with E-state index in [1.807, 2.05) is 70.2 Å². The van der Waals surface area contributed by atoms with Crippen LogP contribution in [0.3, 0.4) is 0 Å². The topological polar surface area (TPSA) is 58.6 Å². The molecule has 0 radical (unpaired) electrons. The fourth-order valence-electron chi connectivity index (χ4n) is 3.19. The minimum absolute atomic E-state index is 0.00212. The van der Waals surface area contributed by atoms with Crippen molar-refractivity contribution < 1.29 is 14.3 Å². The number of benzene rings is 2. The minimum Gasteiger partial charge on any atom is -0.484 e. The van der Waals surface area contributed by atoms with Gasteiger partial charge in [-0.15, -0.1) is 0 Å². The molecule has 1 N–H and O–H groups in total. The van der Waals surface area contributed by atoms with Gasteiger partial charge in [-0.1, -0.05) is 41.9 Å². The van der Waals surface area contributed by atoms with Gasteiger partial charge in [-0.3, -0.25) is 9.59 Å². The van der Waals surface area contributed by atoms with E-state index in [2.05, 4.69) is 5.32 Å². The van der Waals surface area contributed by atoms with Crippen molar-refractivity contribution in [3.8, 4) is 5.75 Å². The number of hydrogen-bond donors (Lipinski definition) is 1. The number of nitrogens with one attached hydrogen (secondary N) is 1. The molecule has 0 fully saturated rings. The molecule has 30 heavy (non-hydrogen) atoms. The molecule has 6 heteroatoms. The molecule has 5 nitrogen and oxygen atoms in total. The predicted octanol–water partition coefficient (Wildman–Crippen LogP) is 4.32. The molecule has 0 aliphatic carbocycles. The molecule has 0 aromatic heterocycles. The SMILES string of the molecule is Cc1cc(OCC(=O)N(CCc2ccccc2)C(C)C(=O)NC(C)C)cc(C)c1Cl. The summed E-state index contributed by atoms with van der Waals surface area (Å²) in [5, 5.41) is 3.57. The number of carbonyl (C=O) groups excluding carboxylic acids is 2. The molecule has 1 atom stereocenters. The van der Waals surface area contributed by atoms with E-state index in [0.29, 0.717) is 23.7 Å². The number of amides is 2. The molecule has 2 amide bonds. The summed E-state index contributed by atoms with van der Waals surface area (Å²) in [6, 6.07) is 12.9. The highest BCUT2D eigenvalue weighted by molar-refractivity contribution is 6.32. The van der Waals surface area contributed by atoms with E-state index >= 15 is 0 Å². The molecule has 162 valence electrons. The molecule has 2 aromatic rings. The first-order valence-corrected chi connectivity index (χ1v) is 10.6. The van der Waals surface area contributed by atoms with E-state index in [1.165, 1.54) is 0 Å². The lowest BCUT2D eigenvalue weighted by Crippen LogP contribution is -2.51. The average Bonchev–Trinajstić information content (AvgIpc) is 2.70. The molecule has 0 heterocycles.